The van der Waals surface area contributed by atoms with Crippen LogP contribution in [0.5, 0.6) is 0 Å². The molecule has 2 rings (SSSR count). The lowest BCUT2D eigenvalue weighted by molar-refractivity contribution is 0.858. The summed E-state index contributed by atoms with van der Waals surface area (Å²) < 4.78 is 1.06. The molecule has 3 heteroatoms. The van der Waals surface area contributed by atoms with E-state index >= 15 is 0 Å². The summed E-state index contributed by atoms with van der Waals surface area (Å²) in [4.78, 5) is 6.62. The predicted octanol–water partition coefficient (Wildman–Crippen LogP) is 3.83. The predicted molar refractivity (Wildman–Crippen MR) is 80.1 cm³/mol. The van der Waals surface area contributed by atoms with Gasteiger partial charge in [-0.05, 0) is 46.5 Å². The van der Waals surface area contributed by atoms with Gasteiger partial charge in [0.15, 0.2) is 0 Å². The number of rotatable bonds is 4. The van der Waals surface area contributed by atoms with Gasteiger partial charge in [0.25, 0.3) is 0 Å². The molecule has 1 aromatic heterocycles. The molecule has 1 heterocycles. The summed E-state index contributed by atoms with van der Waals surface area (Å²) in [5.41, 5.74) is 2.57. The molecular formula is C15H17BrN2. The molecule has 0 N–H and O–H groups in total. The van der Waals surface area contributed by atoms with Crippen molar-refractivity contribution in [2.45, 2.75) is 13.3 Å². The molecule has 0 atom stereocenters. The third-order valence-electron chi connectivity index (χ3n) is 3.00. The summed E-state index contributed by atoms with van der Waals surface area (Å²) in [6, 6.07) is 12.6. The number of aromatic nitrogens is 1. The number of likely N-dealkylation sites (N-methyl/N-ethyl adjacent to an activating group) is 1. The van der Waals surface area contributed by atoms with Crippen LogP contribution in [0.3, 0.4) is 0 Å². The van der Waals surface area contributed by atoms with E-state index in [4.69, 9.17) is 0 Å². The zero-order chi connectivity index (χ0) is 13.0. The Hall–Kier alpha value is -1.35. The van der Waals surface area contributed by atoms with Crippen LogP contribution in [-0.2, 0) is 6.42 Å². The van der Waals surface area contributed by atoms with Gasteiger partial charge in [0, 0.05) is 24.3 Å². The van der Waals surface area contributed by atoms with E-state index in [0.29, 0.717) is 0 Å². The summed E-state index contributed by atoms with van der Waals surface area (Å²) in [5.74, 6) is 1.02. The Balaban J connectivity index is 1.99. The molecule has 0 radical (unpaired) electrons. The summed E-state index contributed by atoms with van der Waals surface area (Å²) in [7, 11) is 2.08. The molecule has 0 aliphatic carbocycles. The maximum absolute atomic E-state index is 4.43. The molecule has 18 heavy (non-hydrogen) atoms. The lowest BCUT2D eigenvalue weighted by atomic mass is 10.1. The van der Waals surface area contributed by atoms with Gasteiger partial charge in [0.05, 0.1) is 0 Å². The molecular weight excluding hydrogens is 288 g/mol. The van der Waals surface area contributed by atoms with E-state index in [9.17, 15) is 0 Å². The van der Waals surface area contributed by atoms with Gasteiger partial charge >= 0.3 is 0 Å². The Morgan fingerprint density at radius 3 is 2.61 bits per heavy atom. The average molecular weight is 305 g/mol. The molecule has 0 unspecified atom stereocenters. The number of benzene rings is 1. The maximum Gasteiger partial charge on any atom is 0.128 e. The third kappa shape index (κ3) is 3.33. The van der Waals surface area contributed by atoms with Gasteiger partial charge in [-0.1, -0.05) is 30.3 Å². The van der Waals surface area contributed by atoms with E-state index in [-0.39, 0.29) is 0 Å². The van der Waals surface area contributed by atoms with Gasteiger partial charge in [0.2, 0.25) is 0 Å². The Labute approximate surface area is 117 Å². The first-order valence-electron chi connectivity index (χ1n) is 6.04. The minimum atomic E-state index is 0.970. The molecule has 2 nitrogen and oxygen atoms in total. The Morgan fingerprint density at radius 1 is 1.22 bits per heavy atom. The Morgan fingerprint density at radius 2 is 1.94 bits per heavy atom. The van der Waals surface area contributed by atoms with Crippen molar-refractivity contribution in [3.8, 4) is 0 Å². The zero-order valence-electron chi connectivity index (χ0n) is 10.7. The lowest BCUT2D eigenvalue weighted by Crippen LogP contribution is -2.21. The van der Waals surface area contributed by atoms with E-state index in [1.165, 1.54) is 11.1 Å². The van der Waals surface area contributed by atoms with Crippen molar-refractivity contribution in [3.05, 3.63) is 58.2 Å². The van der Waals surface area contributed by atoms with E-state index in [0.717, 1.165) is 23.3 Å². The molecule has 0 aliphatic heterocycles. The van der Waals surface area contributed by atoms with Crippen molar-refractivity contribution < 1.29 is 0 Å². The lowest BCUT2D eigenvalue weighted by Gasteiger charge is -2.18. The standard InChI is InChI=1S/C15H17BrN2/c1-12-10-15(17-11-14(12)16)18(2)9-8-13-6-4-3-5-7-13/h3-7,10-11H,8-9H2,1-2H3. The number of pyridine rings is 1. The first-order chi connectivity index (χ1) is 8.66. The van der Waals surface area contributed by atoms with Gasteiger partial charge in [-0.25, -0.2) is 4.98 Å². The van der Waals surface area contributed by atoms with Gasteiger partial charge in [-0.3, -0.25) is 0 Å². The molecule has 0 bridgehead atoms. The smallest absolute Gasteiger partial charge is 0.128 e. The number of aryl methyl sites for hydroxylation is 1. The maximum atomic E-state index is 4.43. The highest BCUT2D eigenvalue weighted by molar-refractivity contribution is 9.10. The molecule has 0 aliphatic rings. The zero-order valence-corrected chi connectivity index (χ0v) is 12.3. The van der Waals surface area contributed by atoms with E-state index in [1.54, 1.807) is 0 Å². The van der Waals surface area contributed by atoms with Crippen LogP contribution in [0, 0.1) is 6.92 Å². The molecule has 0 spiro atoms. The molecule has 1 aromatic carbocycles. The SMILES string of the molecule is Cc1cc(N(C)CCc2ccccc2)ncc1Br. The number of anilines is 1. The summed E-state index contributed by atoms with van der Waals surface area (Å²) in [5, 5.41) is 0. The van der Waals surface area contributed by atoms with Gasteiger partial charge in [0.1, 0.15) is 5.82 Å². The van der Waals surface area contributed by atoms with Crippen molar-refractivity contribution in [2.24, 2.45) is 0 Å². The fourth-order valence-corrected chi connectivity index (χ4v) is 2.01. The number of hydrogen-bond donors (Lipinski definition) is 0. The first kappa shape index (κ1) is 13.1. The minimum Gasteiger partial charge on any atom is -0.359 e. The molecule has 0 fully saturated rings. The summed E-state index contributed by atoms with van der Waals surface area (Å²) in [6.45, 7) is 3.05. The van der Waals surface area contributed by atoms with Crippen LogP contribution in [0.15, 0.2) is 47.1 Å². The van der Waals surface area contributed by atoms with Crippen molar-refractivity contribution in [1.29, 1.82) is 0 Å². The van der Waals surface area contributed by atoms with Crippen LogP contribution in [0.4, 0.5) is 5.82 Å². The normalized spacial score (nSPS) is 10.4. The largest absolute Gasteiger partial charge is 0.359 e. The second-order valence-corrected chi connectivity index (χ2v) is 5.30. The fourth-order valence-electron chi connectivity index (χ4n) is 1.79. The molecule has 0 saturated carbocycles. The highest BCUT2D eigenvalue weighted by Crippen LogP contribution is 2.19. The number of hydrogen-bond acceptors (Lipinski definition) is 2. The van der Waals surface area contributed by atoms with Crippen LogP contribution < -0.4 is 4.90 Å². The molecule has 2 aromatic rings. The van der Waals surface area contributed by atoms with Crippen molar-refractivity contribution in [1.82, 2.24) is 4.98 Å². The second kappa shape index (κ2) is 6.01. The quantitative estimate of drug-likeness (QED) is 0.853. The molecule has 0 saturated heterocycles. The number of nitrogens with zero attached hydrogens (tertiary/aromatic N) is 2. The highest BCUT2D eigenvalue weighted by atomic mass is 79.9. The van der Waals surface area contributed by atoms with E-state index in [1.807, 2.05) is 12.3 Å². The highest BCUT2D eigenvalue weighted by Gasteiger charge is 2.04. The van der Waals surface area contributed by atoms with Crippen LogP contribution >= 0.6 is 15.9 Å². The Kier molecular flexibility index (Phi) is 4.37. The van der Waals surface area contributed by atoms with Crippen LogP contribution in [0.1, 0.15) is 11.1 Å². The molecule has 0 amide bonds. The molecule has 94 valence electrons. The van der Waals surface area contributed by atoms with Gasteiger partial charge < -0.3 is 4.90 Å². The van der Waals surface area contributed by atoms with Crippen LogP contribution in [0.2, 0.25) is 0 Å². The first-order valence-corrected chi connectivity index (χ1v) is 6.83. The number of halogens is 1. The van der Waals surface area contributed by atoms with Crippen molar-refractivity contribution in [3.63, 3.8) is 0 Å². The van der Waals surface area contributed by atoms with Crippen LogP contribution in [0.25, 0.3) is 0 Å². The summed E-state index contributed by atoms with van der Waals surface area (Å²) >= 11 is 3.47. The summed E-state index contributed by atoms with van der Waals surface area (Å²) in [6.07, 6.45) is 2.90. The van der Waals surface area contributed by atoms with Gasteiger partial charge in [-0.15, -0.1) is 0 Å². The van der Waals surface area contributed by atoms with Crippen molar-refractivity contribution >= 4 is 21.7 Å². The minimum absolute atomic E-state index is 0.970. The van der Waals surface area contributed by atoms with Crippen molar-refractivity contribution in [2.75, 3.05) is 18.5 Å². The second-order valence-electron chi connectivity index (χ2n) is 4.45. The average Bonchev–Trinajstić information content (AvgIpc) is 2.40. The van der Waals surface area contributed by atoms with Crippen LogP contribution in [-0.4, -0.2) is 18.6 Å². The fraction of sp³-hybridized carbons (Fsp3) is 0.267. The topological polar surface area (TPSA) is 16.1 Å². The Bertz CT molecular complexity index is 511. The van der Waals surface area contributed by atoms with E-state index in [2.05, 4.69) is 70.1 Å². The monoisotopic (exact) mass is 304 g/mol. The van der Waals surface area contributed by atoms with Gasteiger partial charge in [-0.2, -0.15) is 0 Å². The van der Waals surface area contributed by atoms with E-state index < -0.39 is 0 Å². The third-order valence-corrected chi connectivity index (χ3v) is 3.83.